The van der Waals surface area contributed by atoms with Crippen molar-refractivity contribution in [3.8, 4) is 0 Å². The Morgan fingerprint density at radius 3 is 2.42 bits per heavy atom. The van der Waals surface area contributed by atoms with Crippen LogP contribution in [0, 0.1) is 6.92 Å². The van der Waals surface area contributed by atoms with Gasteiger partial charge in [-0.05, 0) is 31.2 Å². The highest BCUT2D eigenvalue weighted by Crippen LogP contribution is 2.23. The van der Waals surface area contributed by atoms with E-state index in [2.05, 4.69) is 21.0 Å². The molecule has 0 radical (unpaired) electrons. The fourth-order valence-corrected chi connectivity index (χ4v) is 3.25. The first kappa shape index (κ1) is 17.8. The van der Waals surface area contributed by atoms with Gasteiger partial charge in [0.1, 0.15) is 0 Å². The van der Waals surface area contributed by atoms with Crippen LogP contribution in [0.2, 0.25) is 0 Å². The lowest BCUT2D eigenvalue weighted by atomic mass is 10.1. The average Bonchev–Trinajstić information content (AvgIpc) is 2.59. The Morgan fingerprint density at radius 2 is 1.88 bits per heavy atom. The minimum atomic E-state index is -3.87. The number of rotatable bonds is 6. The molecule has 0 spiro atoms. The summed E-state index contributed by atoms with van der Waals surface area (Å²) in [7, 11) is -2.66. The van der Waals surface area contributed by atoms with E-state index in [9.17, 15) is 13.2 Å². The van der Waals surface area contributed by atoms with E-state index in [4.69, 9.17) is 0 Å². The molecule has 0 aliphatic carbocycles. The second-order valence-electron chi connectivity index (χ2n) is 5.14. The molecule has 0 saturated heterocycles. The lowest BCUT2D eigenvalue weighted by Crippen LogP contribution is -2.32. The number of methoxy groups -OCH3 is 1. The second-order valence-corrected chi connectivity index (χ2v) is 6.85. The van der Waals surface area contributed by atoms with Gasteiger partial charge in [-0.1, -0.05) is 30.3 Å². The number of carbonyl (C=O) groups excluding carboxylic acids is 1. The molecular formula is C17H18N2O4S. The zero-order valence-electron chi connectivity index (χ0n) is 13.4. The maximum absolute atomic E-state index is 12.6. The zero-order valence-corrected chi connectivity index (χ0v) is 14.2. The summed E-state index contributed by atoms with van der Waals surface area (Å²) in [6.07, 6.45) is 1.51. The summed E-state index contributed by atoms with van der Waals surface area (Å²) in [5.74, 6) is -0.711. The number of ether oxygens (including phenoxy) is 1. The molecule has 7 heteroatoms. The summed E-state index contributed by atoms with van der Waals surface area (Å²) in [5, 5.41) is 0. The Kier molecular flexibility index (Phi) is 5.48. The Bertz CT molecular complexity index is 831. The van der Waals surface area contributed by atoms with Crippen molar-refractivity contribution in [3.05, 3.63) is 72.1 Å². The van der Waals surface area contributed by atoms with Gasteiger partial charge in [0.05, 0.1) is 29.3 Å². The molecule has 1 N–H and O–H groups in total. The molecular weight excluding hydrogens is 328 g/mol. The third kappa shape index (κ3) is 4.06. The number of nitrogens with zero attached hydrogens (tertiary/aromatic N) is 1. The SMILES string of the molecule is C=C(C(=O)OC)C(NS(=O)(=O)c1ccc(C)cc1)c1ccccn1. The number of hydrogen-bond donors (Lipinski definition) is 1. The molecule has 1 heterocycles. The smallest absolute Gasteiger partial charge is 0.335 e. The molecule has 1 unspecified atom stereocenters. The average molecular weight is 346 g/mol. The molecule has 24 heavy (non-hydrogen) atoms. The van der Waals surface area contributed by atoms with Crippen LogP contribution >= 0.6 is 0 Å². The first-order chi connectivity index (χ1) is 11.3. The van der Waals surface area contributed by atoms with Crippen molar-refractivity contribution < 1.29 is 17.9 Å². The fourth-order valence-electron chi connectivity index (χ4n) is 2.05. The molecule has 0 aliphatic heterocycles. The van der Waals surface area contributed by atoms with E-state index in [1.165, 1.54) is 25.4 Å². The highest BCUT2D eigenvalue weighted by molar-refractivity contribution is 7.89. The van der Waals surface area contributed by atoms with Crippen LogP contribution in [0.25, 0.3) is 0 Å². The quantitative estimate of drug-likeness (QED) is 0.640. The van der Waals surface area contributed by atoms with Gasteiger partial charge in [-0.3, -0.25) is 4.98 Å². The molecule has 2 aromatic rings. The summed E-state index contributed by atoms with van der Waals surface area (Å²) in [6, 6.07) is 10.3. The minimum Gasteiger partial charge on any atom is -0.466 e. The van der Waals surface area contributed by atoms with Gasteiger partial charge in [0, 0.05) is 6.20 Å². The summed E-state index contributed by atoms with van der Waals surface area (Å²) in [4.78, 5) is 16.0. The van der Waals surface area contributed by atoms with Crippen LogP contribution in [-0.4, -0.2) is 26.5 Å². The van der Waals surface area contributed by atoms with E-state index in [1.807, 2.05) is 6.92 Å². The number of aryl methyl sites for hydroxylation is 1. The van der Waals surface area contributed by atoms with E-state index in [1.54, 1.807) is 30.3 Å². The molecule has 0 amide bonds. The monoisotopic (exact) mass is 346 g/mol. The number of carbonyl (C=O) groups is 1. The van der Waals surface area contributed by atoms with Gasteiger partial charge in [0.2, 0.25) is 10.0 Å². The van der Waals surface area contributed by atoms with Crippen LogP contribution in [-0.2, 0) is 19.6 Å². The number of pyridine rings is 1. The number of benzene rings is 1. The largest absolute Gasteiger partial charge is 0.466 e. The van der Waals surface area contributed by atoms with Crippen molar-refractivity contribution in [3.63, 3.8) is 0 Å². The lowest BCUT2D eigenvalue weighted by molar-refractivity contribution is -0.136. The Morgan fingerprint density at radius 1 is 1.21 bits per heavy atom. The Hall–Kier alpha value is -2.51. The minimum absolute atomic E-state index is 0.0492. The van der Waals surface area contributed by atoms with Gasteiger partial charge in [0.15, 0.2) is 0 Å². The summed E-state index contributed by atoms with van der Waals surface area (Å²) in [6.45, 7) is 5.51. The van der Waals surface area contributed by atoms with E-state index >= 15 is 0 Å². The predicted molar refractivity (Wildman–Crippen MR) is 89.6 cm³/mol. The van der Waals surface area contributed by atoms with Gasteiger partial charge in [-0.25, -0.2) is 13.2 Å². The number of nitrogens with one attached hydrogen (secondary N) is 1. The maximum atomic E-state index is 12.6. The van der Waals surface area contributed by atoms with E-state index in [-0.39, 0.29) is 10.5 Å². The molecule has 6 nitrogen and oxygen atoms in total. The molecule has 1 atom stereocenters. The summed E-state index contributed by atoms with van der Waals surface area (Å²) >= 11 is 0. The van der Waals surface area contributed by atoms with E-state index < -0.39 is 22.0 Å². The molecule has 1 aromatic carbocycles. The molecule has 0 bridgehead atoms. The highest BCUT2D eigenvalue weighted by Gasteiger charge is 2.28. The normalized spacial score (nSPS) is 12.4. The third-order valence-corrected chi connectivity index (χ3v) is 4.82. The number of aromatic nitrogens is 1. The van der Waals surface area contributed by atoms with E-state index in [0.29, 0.717) is 5.69 Å². The van der Waals surface area contributed by atoms with Gasteiger partial charge in [-0.2, -0.15) is 4.72 Å². The summed E-state index contributed by atoms with van der Waals surface area (Å²) in [5.41, 5.74) is 1.24. The van der Waals surface area contributed by atoms with Crippen molar-refractivity contribution in [2.24, 2.45) is 0 Å². The molecule has 0 saturated carbocycles. The second kappa shape index (κ2) is 7.37. The van der Waals surface area contributed by atoms with Gasteiger partial charge >= 0.3 is 5.97 Å². The van der Waals surface area contributed by atoms with Crippen LogP contribution in [0.3, 0.4) is 0 Å². The van der Waals surface area contributed by atoms with Crippen molar-refractivity contribution in [2.45, 2.75) is 17.9 Å². The van der Waals surface area contributed by atoms with Crippen molar-refractivity contribution >= 4 is 16.0 Å². The fraction of sp³-hybridized carbons (Fsp3) is 0.176. The van der Waals surface area contributed by atoms with Crippen molar-refractivity contribution in [2.75, 3.05) is 7.11 Å². The molecule has 126 valence electrons. The third-order valence-electron chi connectivity index (χ3n) is 3.38. The highest BCUT2D eigenvalue weighted by atomic mass is 32.2. The van der Waals surface area contributed by atoms with Gasteiger partial charge in [0.25, 0.3) is 0 Å². The van der Waals surface area contributed by atoms with E-state index in [0.717, 1.165) is 5.56 Å². The number of hydrogen-bond acceptors (Lipinski definition) is 5. The Labute approximate surface area is 141 Å². The van der Waals surface area contributed by atoms with Crippen LogP contribution in [0.4, 0.5) is 0 Å². The molecule has 1 aromatic heterocycles. The van der Waals surface area contributed by atoms with Crippen LogP contribution in [0.5, 0.6) is 0 Å². The number of esters is 1. The molecule has 0 fully saturated rings. The lowest BCUT2D eigenvalue weighted by Gasteiger charge is -2.19. The topological polar surface area (TPSA) is 85.4 Å². The first-order valence-corrected chi connectivity index (χ1v) is 8.60. The van der Waals surface area contributed by atoms with Crippen molar-refractivity contribution in [1.82, 2.24) is 9.71 Å². The maximum Gasteiger partial charge on any atom is 0.335 e. The summed E-state index contributed by atoms with van der Waals surface area (Å²) < 4.78 is 32.3. The van der Waals surface area contributed by atoms with Crippen molar-refractivity contribution in [1.29, 1.82) is 0 Å². The zero-order chi connectivity index (χ0) is 17.7. The van der Waals surface area contributed by atoms with Gasteiger partial charge < -0.3 is 4.74 Å². The number of sulfonamides is 1. The van der Waals surface area contributed by atoms with Gasteiger partial charge in [-0.15, -0.1) is 0 Å². The first-order valence-electron chi connectivity index (χ1n) is 7.12. The Balaban J connectivity index is 2.39. The predicted octanol–water partition coefficient (Wildman–Crippen LogP) is 2.14. The van der Waals surface area contributed by atoms with Crippen LogP contribution in [0.1, 0.15) is 17.3 Å². The van der Waals surface area contributed by atoms with Crippen LogP contribution in [0.15, 0.2) is 65.7 Å². The van der Waals surface area contributed by atoms with Crippen LogP contribution < -0.4 is 4.72 Å². The standard InChI is InChI=1S/C17H18N2O4S/c1-12-7-9-14(10-8-12)24(21,22)19-16(13(2)17(20)23-3)15-6-4-5-11-18-15/h4-11,16,19H,2H2,1,3H3. The molecule has 2 rings (SSSR count). The molecule has 0 aliphatic rings.